The number of piperidine rings is 1. The van der Waals surface area contributed by atoms with Gasteiger partial charge in [0.2, 0.25) is 5.89 Å². The number of rotatable bonds is 5. The van der Waals surface area contributed by atoms with Crippen molar-refractivity contribution in [2.45, 2.75) is 25.3 Å². The van der Waals surface area contributed by atoms with Crippen LogP contribution >= 0.6 is 11.6 Å². The molecule has 0 saturated carbocycles. The van der Waals surface area contributed by atoms with Crippen LogP contribution in [-0.4, -0.2) is 39.1 Å². The second kappa shape index (κ2) is 8.39. The number of ether oxygens (including phenoxy) is 1. The molecule has 1 aliphatic rings. The fraction of sp³-hybridized carbons (Fsp3) is 0.300. The Morgan fingerprint density at radius 2 is 2.04 bits per heavy atom. The van der Waals surface area contributed by atoms with Crippen LogP contribution in [0.4, 0.5) is 0 Å². The highest BCUT2D eigenvalue weighted by atomic mass is 35.5. The van der Waals surface area contributed by atoms with Crippen LogP contribution in [0.1, 0.15) is 31.2 Å². The van der Waals surface area contributed by atoms with Gasteiger partial charge in [-0.25, -0.2) is 0 Å². The molecular weight excluding hydrogens is 380 g/mol. The van der Waals surface area contributed by atoms with E-state index in [-0.39, 0.29) is 18.6 Å². The molecule has 0 bridgehead atoms. The normalized spacial score (nSPS) is 16.8. The van der Waals surface area contributed by atoms with Gasteiger partial charge >= 0.3 is 0 Å². The zero-order valence-corrected chi connectivity index (χ0v) is 15.9. The first-order valence-corrected chi connectivity index (χ1v) is 9.52. The van der Waals surface area contributed by atoms with Crippen LogP contribution in [0.5, 0.6) is 5.75 Å². The number of carbonyl (C=O) groups is 1. The second-order valence-corrected chi connectivity index (χ2v) is 6.89. The summed E-state index contributed by atoms with van der Waals surface area (Å²) in [5.41, 5.74) is 0.608. The fourth-order valence-corrected chi connectivity index (χ4v) is 3.42. The van der Waals surface area contributed by atoms with Gasteiger partial charge in [0.1, 0.15) is 17.5 Å². The van der Waals surface area contributed by atoms with E-state index in [1.54, 1.807) is 29.3 Å². The van der Waals surface area contributed by atoms with Crippen molar-refractivity contribution in [3.05, 3.63) is 59.6 Å². The molecule has 2 aromatic heterocycles. The number of aromatic nitrogens is 3. The molecule has 0 unspecified atom stereocenters. The van der Waals surface area contributed by atoms with Crippen molar-refractivity contribution in [1.29, 1.82) is 0 Å². The molecule has 1 fully saturated rings. The lowest BCUT2D eigenvalue weighted by Gasteiger charge is -2.33. The maximum atomic E-state index is 12.8. The number of carbonyl (C=O) groups excluding carboxylic acids is 1. The number of amides is 1. The number of pyridine rings is 1. The van der Waals surface area contributed by atoms with Gasteiger partial charge in [0.05, 0.1) is 5.02 Å². The summed E-state index contributed by atoms with van der Waals surface area (Å²) in [6.45, 7) is 0.526. The van der Waals surface area contributed by atoms with Crippen molar-refractivity contribution < 1.29 is 13.9 Å². The van der Waals surface area contributed by atoms with Crippen molar-refractivity contribution in [1.82, 2.24) is 20.1 Å². The molecule has 1 amide bonds. The highest BCUT2D eigenvalue weighted by Gasteiger charge is 2.32. The van der Waals surface area contributed by atoms with E-state index in [0.717, 1.165) is 19.3 Å². The van der Waals surface area contributed by atoms with Gasteiger partial charge in [-0.1, -0.05) is 29.8 Å². The van der Waals surface area contributed by atoms with Gasteiger partial charge in [0.15, 0.2) is 6.61 Å². The average molecular weight is 399 g/mol. The average Bonchev–Trinajstić information content (AvgIpc) is 3.24. The van der Waals surface area contributed by atoms with Crippen molar-refractivity contribution in [2.24, 2.45) is 0 Å². The number of hydrogen-bond acceptors (Lipinski definition) is 6. The second-order valence-electron chi connectivity index (χ2n) is 6.48. The van der Waals surface area contributed by atoms with Gasteiger partial charge in [-0.05, 0) is 43.5 Å². The fourth-order valence-electron chi connectivity index (χ4n) is 3.23. The molecule has 0 N–H and O–H groups in total. The number of para-hydroxylation sites is 1. The van der Waals surface area contributed by atoms with Gasteiger partial charge in [-0.3, -0.25) is 9.78 Å². The van der Waals surface area contributed by atoms with Crippen molar-refractivity contribution in [3.63, 3.8) is 0 Å². The van der Waals surface area contributed by atoms with E-state index in [9.17, 15) is 4.79 Å². The Balaban J connectivity index is 1.48. The zero-order valence-electron chi connectivity index (χ0n) is 15.1. The predicted octanol–water partition coefficient (Wildman–Crippen LogP) is 3.92. The molecule has 1 aliphatic heterocycles. The van der Waals surface area contributed by atoms with Crippen LogP contribution in [0.3, 0.4) is 0 Å². The molecule has 8 heteroatoms. The topological polar surface area (TPSA) is 81.4 Å². The van der Waals surface area contributed by atoms with E-state index in [0.29, 0.717) is 34.8 Å². The molecule has 0 aliphatic carbocycles. The number of nitrogens with zero attached hydrogens (tertiary/aromatic N) is 4. The summed E-state index contributed by atoms with van der Waals surface area (Å²) in [6, 6.07) is 12.3. The molecule has 1 atom stereocenters. The minimum Gasteiger partial charge on any atom is -0.482 e. The minimum atomic E-state index is -0.263. The lowest BCUT2D eigenvalue weighted by molar-refractivity contribution is -0.137. The molecule has 1 saturated heterocycles. The smallest absolute Gasteiger partial charge is 0.266 e. The molecule has 0 spiro atoms. The minimum absolute atomic E-state index is 0.0958. The Morgan fingerprint density at radius 1 is 1.18 bits per heavy atom. The van der Waals surface area contributed by atoms with Crippen LogP contribution in [0.25, 0.3) is 11.6 Å². The van der Waals surface area contributed by atoms with Crippen molar-refractivity contribution in [3.8, 4) is 17.3 Å². The molecule has 1 aromatic carbocycles. The quantitative estimate of drug-likeness (QED) is 0.648. The molecule has 3 aromatic rings. The molecular formula is C20H19ClN4O3. The Bertz CT molecular complexity index is 947. The Morgan fingerprint density at radius 3 is 2.86 bits per heavy atom. The summed E-state index contributed by atoms with van der Waals surface area (Å²) >= 11 is 6.09. The SMILES string of the molecule is O=C(COc1ccccc1Cl)N1CCCC[C@H]1c1nnc(-c2ccccn2)o1. The first-order chi connectivity index (χ1) is 13.7. The van der Waals surface area contributed by atoms with Gasteiger partial charge in [0, 0.05) is 12.7 Å². The first-order valence-electron chi connectivity index (χ1n) is 9.14. The Kier molecular flexibility index (Phi) is 5.53. The molecule has 0 radical (unpaired) electrons. The number of halogens is 1. The lowest BCUT2D eigenvalue weighted by atomic mass is 10.0. The number of likely N-dealkylation sites (tertiary alicyclic amines) is 1. The molecule has 3 heterocycles. The van der Waals surface area contributed by atoms with Gasteiger partial charge in [-0.15, -0.1) is 10.2 Å². The van der Waals surface area contributed by atoms with E-state index in [1.165, 1.54) is 0 Å². The van der Waals surface area contributed by atoms with Crippen LogP contribution in [0.2, 0.25) is 5.02 Å². The third-order valence-corrected chi connectivity index (χ3v) is 4.93. The summed E-state index contributed by atoms with van der Waals surface area (Å²) in [4.78, 5) is 18.8. The summed E-state index contributed by atoms with van der Waals surface area (Å²) in [7, 11) is 0. The first kappa shape index (κ1) is 18.4. The van der Waals surface area contributed by atoms with Gasteiger partial charge in [-0.2, -0.15) is 0 Å². The van der Waals surface area contributed by atoms with Crippen LogP contribution < -0.4 is 4.74 Å². The Hall–Kier alpha value is -2.93. The monoisotopic (exact) mass is 398 g/mol. The molecule has 144 valence electrons. The van der Waals surface area contributed by atoms with E-state index < -0.39 is 0 Å². The summed E-state index contributed by atoms with van der Waals surface area (Å²) in [5.74, 6) is 1.12. The van der Waals surface area contributed by atoms with Gasteiger partial charge < -0.3 is 14.1 Å². The van der Waals surface area contributed by atoms with E-state index in [4.69, 9.17) is 20.8 Å². The number of benzene rings is 1. The van der Waals surface area contributed by atoms with Crippen molar-refractivity contribution >= 4 is 17.5 Å². The zero-order chi connectivity index (χ0) is 19.3. The Labute approximate surface area is 167 Å². The predicted molar refractivity (Wildman–Crippen MR) is 103 cm³/mol. The highest BCUT2D eigenvalue weighted by molar-refractivity contribution is 6.32. The highest BCUT2D eigenvalue weighted by Crippen LogP contribution is 2.32. The molecule has 7 nitrogen and oxygen atoms in total. The van der Waals surface area contributed by atoms with Gasteiger partial charge in [0.25, 0.3) is 11.8 Å². The maximum absolute atomic E-state index is 12.8. The third-order valence-electron chi connectivity index (χ3n) is 4.62. The number of hydrogen-bond donors (Lipinski definition) is 0. The summed E-state index contributed by atoms with van der Waals surface area (Å²) < 4.78 is 11.4. The standard InChI is InChI=1S/C20H19ClN4O3/c21-14-7-1-2-10-17(14)27-13-18(26)25-12-6-4-9-16(25)20-24-23-19(28-20)15-8-3-5-11-22-15/h1-3,5,7-8,10-11,16H,4,6,9,12-13H2/t16-/m0/s1. The largest absolute Gasteiger partial charge is 0.482 e. The van der Waals surface area contributed by atoms with E-state index in [2.05, 4.69) is 15.2 Å². The third kappa shape index (κ3) is 3.99. The summed E-state index contributed by atoms with van der Waals surface area (Å²) in [6.07, 6.45) is 4.35. The van der Waals surface area contributed by atoms with Crippen LogP contribution in [0.15, 0.2) is 53.1 Å². The molecule has 28 heavy (non-hydrogen) atoms. The van der Waals surface area contributed by atoms with E-state index in [1.807, 2.05) is 24.3 Å². The molecule has 4 rings (SSSR count). The summed E-state index contributed by atoms with van der Waals surface area (Å²) in [5, 5.41) is 8.74. The van der Waals surface area contributed by atoms with Crippen LogP contribution in [-0.2, 0) is 4.79 Å². The van der Waals surface area contributed by atoms with E-state index >= 15 is 0 Å². The van der Waals surface area contributed by atoms with Crippen molar-refractivity contribution in [2.75, 3.05) is 13.2 Å². The maximum Gasteiger partial charge on any atom is 0.266 e. The van der Waals surface area contributed by atoms with Crippen LogP contribution in [0, 0.1) is 0 Å². The lowest BCUT2D eigenvalue weighted by Crippen LogP contribution is -2.41.